The average Bonchev–Trinajstić information content (AvgIpc) is 2.26. The van der Waals surface area contributed by atoms with Crippen molar-refractivity contribution in [2.45, 2.75) is 32.7 Å². The highest BCUT2D eigenvalue weighted by Gasteiger charge is 2.13. The number of hydrogen-bond acceptors (Lipinski definition) is 2. The van der Waals surface area contributed by atoms with Gasteiger partial charge >= 0.3 is 0 Å². The van der Waals surface area contributed by atoms with Gasteiger partial charge in [-0.3, -0.25) is 0 Å². The topological polar surface area (TPSA) is 35.2 Å². The summed E-state index contributed by atoms with van der Waals surface area (Å²) in [6.45, 7) is 4.27. The Morgan fingerprint density at radius 3 is 2.56 bits per heavy atom. The Hall–Kier alpha value is -1.09. The highest BCUT2D eigenvalue weighted by atomic mass is 19.1. The number of nitrogens with two attached hydrogens (primary N) is 1. The molecule has 0 amide bonds. The van der Waals surface area contributed by atoms with E-state index < -0.39 is 0 Å². The lowest BCUT2D eigenvalue weighted by atomic mass is 9.98. The maximum Gasteiger partial charge on any atom is 0.128 e. The van der Waals surface area contributed by atoms with E-state index in [0.29, 0.717) is 17.2 Å². The van der Waals surface area contributed by atoms with Gasteiger partial charge in [-0.05, 0) is 37.0 Å². The van der Waals surface area contributed by atoms with Gasteiger partial charge in [0.05, 0.1) is 7.11 Å². The van der Waals surface area contributed by atoms with Crippen molar-refractivity contribution in [1.82, 2.24) is 0 Å². The fraction of sp³-hybridized carbons (Fsp3) is 0.538. The third-order valence-corrected chi connectivity index (χ3v) is 2.66. The van der Waals surface area contributed by atoms with E-state index in [4.69, 9.17) is 10.5 Å². The van der Waals surface area contributed by atoms with E-state index >= 15 is 0 Å². The molecule has 0 unspecified atom stereocenters. The molecule has 1 rings (SSSR count). The molecule has 0 aliphatic heterocycles. The summed E-state index contributed by atoms with van der Waals surface area (Å²) in [6, 6.07) is 4.44. The van der Waals surface area contributed by atoms with Crippen molar-refractivity contribution in [1.29, 1.82) is 0 Å². The van der Waals surface area contributed by atoms with Gasteiger partial charge in [-0.25, -0.2) is 4.39 Å². The molecule has 16 heavy (non-hydrogen) atoms. The van der Waals surface area contributed by atoms with Crippen LogP contribution >= 0.6 is 0 Å². The number of hydrogen-bond donors (Lipinski definition) is 1. The lowest BCUT2D eigenvalue weighted by Crippen LogP contribution is -2.13. The van der Waals surface area contributed by atoms with Gasteiger partial charge in [0.1, 0.15) is 11.6 Å². The fourth-order valence-corrected chi connectivity index (χ4v) is 1.60. The molecule has 90 valence electrons. The number of methoxy groups -OCH3 is 1. The van der Waals surface area contributed by atoms with E-state index in [9.17, 15) is 4.39 Å². The Balaban J connectivity index is 2.76. The van der Waals surface area contributed by atoms with E-state index in [1.165, 1.54) is 6.07 Å². The van der Waals surface area contributed by atoms with Gasteiger partial charge in [-0.1, -0.05) is 13.8 Å². The summed E-state index contributed by atoms with van der Waals surface area (Å²) in [4.78, 5) is 0. The van der Waals surface area contributed by atoms with Crippen molar-refractivity contribution < 1.29 is 9.13 Å². The third kappa shape index (κ3) is 3.49. The SMILES string of the molecule is COc1ccc(F)c([C@H](N)CCC(C)C)c1. The molecule has 0 saturated heterocycles. The summed E-state index contributed by atoms with van der Waals surface area (Å²) >= 11 is 0. The van der Waals surface area contributed by atoms with Crippen LogP contribution in [0.3, 0.4) is 0 Å². The Bertz CT molecular complexity index is 339. The Morgan fingerprint density at radius 1 is 1.31 bits per heavy atom. The average molecular weight is 225 g/mol. The number of rotatable bonds is 5. The van der Waals surface area contributed by atoms with Crippen LogP contribution < -0.4 is 10.5 Å². The summed E-state index contributed by atoms with van der Waals surface area (Å²) in [6.07, 6.45) is 1.79. The lowest BCUT2D eigenvalue weighted by Gasteiger charge is -2.15. The fourth-order valence-electron chi connectivity index (χ4n) is 1.60. The molecule has 1 aromatic carbocycles. The largest absolute Gasteiger partial charge is 0.497 e. The molecule has 0 aliphatic carbocycles. The molecule has 0 aromatic heterocycles. The second-order valence-corrected chi connectivity index (χ2v) is 4.47. The van der Waals surface area contributed by atoms with E-state index in [0.717, 1.165) is 12.8 Å². The molecule has 0 spiro atoms. The first-order chi connectivity index (χ1) is 7.54. The number of benzene rings is 1. The molecule has 3 heteroatoms. The second-order valence-electron chi connectivity index (χ2n) is 4.47. The van der Waals surface area contributed by atoms with Crippen molar-refractivity contribution >= 4 is 0 Å². The summed E-state index contributed by atoms with van der Waals surface area (Å²) in [7, 11) is 1.57. The molecule has 0 aliphatic rings. The van der Waals surface area contributed by atoms with E-state index in [-0.39, 0.29) is 11.9 Å². The lowest BCUT2D eigenvalue weighted by molar-refractivity contribution is 0.410. The first-order valence-electron chi connectivity index (χ1n) is 5.63. The predicted molar refractivity (Wildman–Crippen MR) is 64.0 cm³/mol. The predicted octanol–water partition coefficient (Wildman–Crippen LogP) is 3.27. The van der Waals surface area contributed by atoms with Crippen LogP contribution in [0.1, 0.15) is 38.3 Å². The third-order valence-electron chi connectivity index (χ3n) is 2.66. The maximum atomic E-state index is 13.5. The Morgan fingerprint density at radius 2 is 2.00 bits per heavy atom. The summed E-state index contributed by atoms with van der Waals surface area (Å²) in [5.41, 5.74) is 6.51. The minimum Gasteiger partial charge on any atom is -0.497 e. The minimum absolute atomic E-state index is 0.252. The van der Waals surface area contributed by atoms with Gasteiger partial charge in [-0.2, -0.15) is 0 Å². The molecule has 1 aromatic rings. The number of halogens is 1. The van der Waals surface area contributed by atoms with Crippen molar-refractivity contribution in [3.8, 4) is 5.75 Å². The van der Waals surface area contributed by atoms with Gasteiger partial charge < -0.3 is 10.5 Å². The first kappa shape index (κ1) is 13.0. The molecule has 0 heterocycles. The Kier molecular flexibility index (Phi) is 4.74. The van der Waals surface area contributed by atoms with E-state index in [1.54, 1.807) is 19.2 Å². The van der Waals surface area contributed by atoms with Crippen molar-refractivity contribution in [3.63, 3.8) is 0 Å². The van der Waals surface area contributed by atoms with Gasteiger partial charge in [0.15, 0.2) is 0 Å². The van der Waals surface area contributed by atoms with Crippen LogP contribution in [0.2, 0.25) is 0 Å². The van der Waals surface area contributed by atoms with Crippen LogP contribution in [-0.4, -0.2) is 7.11 Å². The second kappa shape index (κ2) is 5.85. The van der Waals surface area contributed by atoms with Crippen LogP contribution in [0.5, 0.6) is 5.75 Å². The standard InChI is InChI=1S/C13H20FNO/c1-9(2)4-7-13(15)11-8-10(16-3)5-6-12(11)14/h5-6,8-9,13H,4,7,15H2,1-3H3/t13-/m1/s1. The summed E-state index contributed by atoms with van der Waals surface area (Å²) in [5.74, 6) is 0.980. The maximum absolute atomic E-state index is 13.5. The van der Waals surface area contributed by atoms with Crippen LogP contribution in [0.15, 0.2) is 18.2 Å². The van der Waals surface area contributed by atoms with E-state index in [2.05, 4.69) is 13.8 Å². The highest BCUT2D eigenvalue weighted by molar-refractivity contribution is 5.31. The molecular formula is C13H20FNO. The zero-order chi connectivity index (χ0) is 12.1. The molecular weight excluding hydrogens is 205 g/mol. The van der Waals surface area contributed by atoms with Gasteiger partial charge in [0, 0.05) is 11.6 Å². The molecule has 0 bridgehead atoms. The number of ether oxygens (including phenoxy) is 1. The zero-order valence-electron chi connectivity index (χ0n) is 10.2. The molecule has 0 saturated carbocycles. The summed E-state index contributed by atoms with van der Waals surface area (Å²) < 4.78 is 18.6. The quantitative estimate of drug-likeness (QED) is 0.834. The normalized spacial score (nSPS) is 12.9. The molecule has 2 N–H and O–H groups in total. The highest BCUT2D eigenvalue weighted by Crippen LogP contribution is 2.25. The molecule has 2 nitrogen and oxygen atoms in total. The van der Waals surface area contributed by atoms with E-state index in [1.807, 2.05) is 0 Å². The van der Waals surface area contributed by atoms with Crippen LogP contribution in [0, 0.1) is 11.7 Å². The molecule has 1 atom stereocenters. The van der Waals surface area contributed by atoms with Gasteiger partial charge in [0.25, 0.3) is 0 Å². The Labute approximate surface area is 96.6 Å². The van der Waals surface area contributed by atoms with Crippen LogP contribution in [0.4, 0.5) is 4.39 Å². The van der Waals surface area contributed by atoms with Crippen LogP contribution in [0.25, 0.3) is 0 Å². The smallest absolute Gasteiger partial charge is 0.128 e. The first-order valence-corrected chi connectivity index (χ1v) is 5.63. The monoisotopic (exact) mass is 225 g/mol. The zero-order valence-corrected chi connectivity index (χ0v) is 10.2. The minimum atomic E-state index is -0.253. The van der Waals surface area contributed by atoms with Crippen molar-refractivity contribution in [3.05, 3.63) is 29.6 Å². The van der Waals surface area contributed by atoms with Gasteiger partial charge in [-0.15, -0.1) is 0 Å². The molecule has 0 fully saturated rings. The molecule has 0 radical (unpaired) electrons. The van der Waals surface area contributed by atoms with Gasteiger partial charge in [0.2, 0.25) is 0 Å². The van der Waals surface area contributed by atoms with Crippen molar-refractivity contribution in [2.24, 2.45) is 11.7 Å². The summed E-state index contributed by atoms with van der Waals surface area (Å²) in [5, 5.41) is 0. The van der Waals surface area contributed by atoms with Crippen molar-refractivity contribution in [2.75, 3.05) is 7.11 Å². The van der Waals surface area contributed by atoms with Crippen LogP contribution in [-0.2, 0) is 0 Å².